The van der Waals surface area contributed by atoms with E-state index in [1.54, 1.807) is 0 Å². The molecule has 0 aliphatic carbocycles. The minimum atomic E-state index is -0.612. The molecule has 8 heteroatoms. The molecule has 0 saturated carbocycles. The second kappa shape index (κ2) is 10.8. The van der Waals surface area contributed by atoms with Crippen molar-refractivity contribution in [2.45, 2.75) is 0 Å². The van der Waals surface area contributed by atoms with Crippen LogP contribution in [-0.2, 0) is 4.79 Å². The molecule has 1 N–H and O–H groups in total. The van der Waals surface area contributed by atoms with Crippen LogP contribution in [0.5, 0.6) is 23.0 Å². The van der Waals surface area contributed by atoms with Crippen LogP contribution >= 0.6 is 0 Å². The Kier molecular flexibility index (Phi) is 8.19. The number of hydrogen-bond acceptors (Lipinski definition) is 6. The van der Waals surface area contributed by atoms with Gasteiger partial charge in [-0.3, -0.25) is 4.79 Å². The first-order valence-corrected chi connectivity index (χ1v) is 8.96. The third-order valence-corrected chi connectivity index (χ3v) is 4.16. The first-order valence-electron chi connectivity index (χ1n) is 8.96. The average molecular weight is 432 g/mol. The highest BCUT2D eigenvalue weighted by atomic mass is 19.1. The Hall–Kier alpha value is -3.81. The number of carbonyl (C=O) groups excluding carboxylic acids is 1. The predicted octanol–water partition coefficient (Wildman–Crippen LogP) is 4.74. The number of ketones is 1. The van der Waals surface area contributed by atoms with Gasteiger partial charge >= 0.3 is 0 Å². The topological polar surface area (TPSA) is 74.2 Å². The van der Waals surface area contributed by atoms with Gasteiger partial charge in [0.15, 0.2) is 28.8 Å². The Labute approximate surface area is 178 Å². The number of halogens is 2. The van der Waals surface area contributed by atoms with Gasteiger partial charge in [0.1, 0.15) is 17.4 Å². The van der Waals surface area contributed by atoms with Crippen LogP contribution in [-0.4, -0.2) is 39.3 Å². The SMILES string of the molecule is COc1cc(F)c(/C=C/C(=O)/C=C(O)/C=C/c2cc(OC)c(OC)cc2F)cc1OC. The van der Waals surface area contributed by atoms with Crippen LogP contribution in [0.3, 0.4) is 0 Å². The number of rotatable bonds is 9. The summed E-state index contributed by atoms with van der Waals surface area (Å²) >= 11 is 0. The minimum absolute atomic E-state index is 0.0989. The normalized spacial score (nSPS) is 11.7. The molecule has 0 spiro atoms. The molecule has 0 saturated heterocycles. The molecule has 2 rings (SSSR count). The van der Waals surface area contributed by atoms with Gasteiger partial charge in [0.2, 0.25) is 0 Å². The van der Waals surface area contributed by atoms with Crippen molar-refractivity contribution in [1.29, 1.82) is 0 Å². The van der Waals surface area contributed by atoms with E-state index in [0.29, 0.717) is 11.5 Å². The molecular weight excluding hydrogens is 410 g/mol. The summed E-state index contributed by atoms with van der Waals surface area (Å²) in [6.45, 7) is 0. The van der Waals surface area contributed by atoms with E-state index < -0.39 is 23.2 Å². The summed E-state index contributed by atoms with van der Waals surface area (Å²) in [5, 5.41) is 9.93. The molecule has 0 heterocycles. The Balaban J connectivity index is 2.17. The molecule has 31 heavy (non-hydrogen) atoms. The Morgan fingerprint density at radius 3 is 1.55 bits per heavy atom. The minimum Gasteiger partial charge on any atom is -0.508 e. The summed E-state index contributed by atoms with van der Waals surface area (Å²) in [6, 6.07) is 5.04. The molecule has 6 nitrogen and oxygen atoms in total. The zero-order valence-corrected chi connectivity index (χ0v) is 17.4. The van der Waals surface area contributed by atoms with E-state index in [1.165, 1.54) is 52.7 Å². The van der Waals surface area contributed by atoms with Gasteiger partial charge in [-0.05, 0) is 36.4 Å². The first-order chi connectivity index (χ1) is 14.8. The molecule has 0 unspecified atom stereocenters. The number of hydrogen-bond donors (Lipinski definition) is 1. The van der Waals surface area contributed by atoms with Crippen molar-refractivity contribution >= 4 is 17.9 Å². The molecule has 0 aromatic heterocycles. The highest BCUT2D eigenvalue weighted by Gasteiger charge is 2.10. The lowest BCUT2D eigenvalue weighted by molar-refractivity contribution is -0.110. The summed E-state index contributed by atoms with van der Waals surface area (Å²) in [7, 11) is 5.58. The van der Waals surface area contributed by atoms with Gasteiger partial charge in [-0.25, -0.2) is 8.78 Å². The number of ether oxygens (including phenoxy) is 4. The Morgan fingerprint density at radius 1 is 0.742 bits per heavy atom. The maximum atomic E-state index is 14.1. The van der Waals surface area contributed by atoms with Crippen molar-refractivity contribution in [1.82, 2.24) is 0 Å². The van der Waals surface area contributed by atoms with Crippen LogP contribution in [0.25, 0.3) is 12.2 Å². The summed E-state index contributed by atoms with van der Waals surface area (Å²) in [5.74, 6) is -1.19. The highest BCUT2D eigenvalue weighted by molar-refractivity contribution is 6.02. The van der Waals surface area contributed by atoms with Gasteiger partial charge in [0, 0.05) is 29.3 Å². The molecule has 164 valence electrons. The molecule has 0 fully saturated rings. The van der Waals surface area contributed by atoms with Crippen molar-refractivity contribution in [3.8, 4) is 23.0 Å². The van der Waals surface area contributed by atoms with Crippen molar-refractivity contribution < 1.29 is 37.6 Å². The Morgan fingerprint density at radius 2 is 1.13 bits per heavy atom. The van der Waals surface area contributed by atoms with Crippen LogP contribution in [0.1, 0.15) is 11.1 Å². The molecule has 0 aliphatic rings. The summed E-state index contributed by atoms with van der Waals surface area (Å²) in [5.41, 5.74) is 0.217. The van der Waals surface area contributed by atoms with Crippen molar-refractivity contribution in [2.75, 3.05) is 28.4 Å². The summed E-state index contributed by atoms with van der Waals surface area (Å²) in [4.78, 5) is 12.0. The van der Waals surface area contributed by atoms with Crippen LogP contribution in [0.4, 0.5) is 8.78 Å². The lowest BCUT2D eigenvalue weighted by atomic mass is 10.1. The number of methoxy groups -OCH3 is 4. The second-order valence-corrected chi connectivity index (χ2v) is 6.10. The lowest BCUT2D eigenvalue weighted by Crippen LogP contribution is -1.94. The van der Waals surface area contributed by atoms with Crippen LogP contribution in [0, 0.1) is 11.6 Å². The molecule has 0 amide bonds. The fourth-order valence-corrected chi connectivity index (χ4v) is 2.58. The first kappa shape index (κ1) is 23.5. The van der Waals surface area contributed by atoms with Gasteiger partial charge in [0.05, 0.1) is 28.4 Å². The maximum absolute atomic E-state index is 14.1. The third-order valence-electron chi connectivity index (χ3n) is 4.16. The fourth-order valence-electron chi connectivity index (χ4n) is 2.58. The molecule has 0 radical (unpaired) electrons. The molecular formula is C23H22F2O6. The molecule has 2 aromatic rings. The molecule has 2 aromatic carbocycles. The number of benzene rings is 2. The van der Waals surface area contributed by atoms with E-state index in [1.807, 2.05) is 0 Å². The fraction of sp³-hybridized carbons (Fsp3) is 0.174. The average Bonchev–Trinajstić information content (AvgIpc) is 2.76. The van der Waals surface area contributed by atoms with Crippen molar-refractivity contribution in [3.05, 3.63) is 71.0 Å². The van der Waals surface area contributed by atoms with Gasteiger partial charge in [-0.2, -0.15) is 0 Å². The summed E-state index contributed by atoms with van der Waals surface area (Å²) < 4.78 is 48.4. The standard InChI is InChI=1S/C23H22F2O6/c1-28-20-9-14(18(24)12-22(20)30-3)5-7-16(26)11-17(27)8-6-15-10-21(29-2)23(31-4)13-19(15)25/h5-13,26H,1-4H3/b7-5+,8-6+,16-11-. The zero-order valence-electron chi connectivity index (χ0n) is 17.4. The van der Waals surface area contributed by atoms with E-state index >= 15 is 0 Å². The van der Waals surface area contributed by atoms with Gasteiger partial charge < -0.3 is 24.1 Å². The molecule has 0 atom stereocenters. The van der Waals surface area contributed by atoms with Gasteiger partial charge in [0.25, 0.3) is 0 Å². The number of aliphatic hydroxyl groups excluding tert-OH is 1. The van der Waals surface area contributed by atoms with Gasteiger partial charge in [-0.1, -0.05) is 0 Å². The second-order valence-electron chi connectivity index (χ2n) is 6.10. The van der Waals surface area contributed by atoms with E-state index in [4.69, 9.17) is 18.9 Å². The monoisotopic (exact) mass is 432 g/mol. The quantitative estimate of drug-likeness (QED) is 0.351. The van der Waals surface area contributed by atoms with Crippen molar-refractivity contribution in [2.24, 2.45) is 0 Å². The molecule has 0 bridgehead atoms. The van der Waals surface area contributed by atoms with E-state index in [0.717, 1.165) is 30.4 Å². The number of allylic oxidation sites excluding steroid dienone is 3. The van der Waals surface area contributed by atoms with E-state index in [-0.39, 0.29) is 22.6 Å². The lowest BCUT2D eigenvalue weighted by Gasteiger charge is -2.09. The van der Waals surface area contributed by atoms with Crippen LogP contribution in [0.15, 0.2) is 48.3 Å². The Bertz CT molecular complexity index is 1040. The predicted molar refractivity (Wildman–Crippen MR) is 113 cm³/mol. The largest absolute Gasteiger partial charge is 0.508 e. The molecule has 0 aliphatic heterocycles. The summed E-state index contributed by atoms with van der Waals surface area (Å²) in [6.07, 6.45) is 5.64. The number of carbonyl (C=O) groups is 1. The highest BCUT2D eigenvalue weighted by Crippen LogP contribution is 2.31. The smallest absolute Gasteiger partial charge is 0.182 e. The van der Waals surface area contributed by atoms with Crippen LogP contribution in [0.2, 0.25) is 0 Å². The van der Waals surface area contributed by atoms with E-state index in [9.17, 15) is 18.7 Å². The maximum Gasteiger partial charge on any atom is 0.182 e. The van der Waals surface area contributed by atoms with Gasteiger partial charge in [-0.15, -0.1) is 0 Å². The van der Waals surface area contributed by atoms with Crippen LogP contribution < -0.4 is 18.9 Å². The third kappa shape index (κ3) is 6.08. The van der Waals surface area contributed by atoms with E-state index in [2.05, 4.69) is 0 Å². The van der Waals surface area contributed by atoms with Crippen molar-refractivity contribution in [3.63, 3.8) is 0 Å². The number of aliphatic hydroxyl groups is 1. The zero-order chi connectivity index (χ0) is 23.0.